The minimum Gasteiger partial charge on any atom is -0.454 e. The van der Waals surface area contributed by atoms with Gasteiger partial charge in [0.15, 0.2) is 17.3 Å². The van der Waals surface area contributed by atoms with Crippen LogP contribution in [0.25, 0.3) is 0 Å². The van der Waals surface area contributed by atoms with E-state index in [-0.39, 0.29) is 25.7 Å². The highest BCUT2D eigenvalue weighted by Crippen LogP contribution is 2.32. The molecular weight excluding hydrogens is 210 g/mol. The molecule has 5 heteroatoms. The predicted octanol–water partition coefficient (Wildman–Crippen LogP) is 0.180. The monoisotopic (exact) mass is 223 g/mol. The van der Waals surface area contributed by atoms with E-state index < -0.39 is 0 Å². The van der Waals surface area contributed by atoms with E-state index in [0.717, 1.165) is 0 Å². The number of hydrogen-bond donors (Lipinski definition) is 2. The Morgan fingerprint density at radius 1 is 1.38 bits per heavy atom. The Kier molecular flexibility index (Phi) is 3.38. The summed E-state index contributed by atoms with van der Waals surface area (Å²) in [5.74, 6) is 1.24. The molecule has 0 unspecified atom stereocenters. The van der Waals surface area contributed by atoms with E-state index in [1.54, 1.807) is 18.2 Å². The lowest BCUT2D eigenvalue weighted by Gasteiger charge is -2.03. The fraction of sp³-hybridized carbons (Fsp3) is 0.364. The van der Waals surface area contributed by atoms with Crippen molar-refractivity contribution in [3.8, 4) is 11.5 Å². The lowest BCUT2D eigenvalue weighted by Crippen LogP contribution is -2.25. The van der Waals surface area contributed by atoms with Crippen LogP contribution in [0.2, 0.25) is 0 Å². The maximum atomic E-state index is 11.7. The van der Waals surface area contributed by atoms with Gasteiger partial charge in [-0.2, -0.15) is 0 Å². The number of Topliss-reactive ketones (excluding diaryl/α,β-unsaturated/α-hetero) is 1. The van der Waals surface area contributed by atoms with E-state index in [0.29, 0.717) is 23.6 Å². The van der Waals surface area contributed by atoms with E-state index in [1.807, 2.05) is 0 Å². The van der Waals surface area contributed by atoms with Crippen LogP contribution in [0.3, 0.4) is 0 Å². The molecule has 1 aliphatic rings. The third-order valence-electron chi connectivity index (χ3n) is 2.27. The van der Waals surface area contributed by atoms with Gasteiger partial charge in [-0.1, -0.05) is 0 Å². The molecule has 2 N–H and O–H groups in total. The zero-order chi connectivity index (χ0) is 11.4. The fourth-order valence-corrected chi connectivity index (χ4v) is 1.45. The Bertz CT molecular complexity index is 392. The van der Waals surface area contributed by atoms with Crippen molar-refractivity contribution in [1.82, 2.24) is 5.32 Å². The Morgan fingerprint density at radius 3 is 3.00 bits per heavy atom. The van der Waals surface area contributed by atoms with Crippen molar-refractivity contribution < 1.29 is 19.4 Å². The first-order valence-corrected chi connectivity index (χ1v) is 5.05. The number of carbonyl (C=O) groups excluding carboxylic acids is 1. The molecule has 86 valence electrons. The normalized spacial score (nSPS) is 12.8. The molecule has 2 rings (SSSR count). The first kappa shape index (κ1) is 10.9. The number of nitrogens with one attached hydrogen (secondary N) is 1. The van der Waals surface area contributed by atoms with E-state index in [9.17, 15) is 4.79 Å². The van der Waals surface area contributed by atoms with Crippen LogP contribution < -0.4 is 14.8 Å². The zero-order valence-corrected chi connectivity index (χ0v) is 8.73. The first-order valence-electron chi connectivity index (χ1n) is 5.05. The number of aliphatic hydroxyl groups excluding tert-OH is 1. The van der Waals surface area contributed by atoms with Gasteiger partial charge in [0.2, 0.25) is 6.79 Å². The molecule has 0 saturated carbocycles. The van der Waals surface area contributed by atoms with Crippen molar-refractivity contribution in [1.29, 1.82) is 0 Å². The molecule has 16 heavy (non-hydrogen) atoms. The number of hydrogen-bond acceptors (Lipinski definition) is 5. The molecule has 0 saturated heterocycles. The molecule has 1 aliphatic heterocycles. The van der Waals surface area contributed by atoms with Crippen LogP contribution in [-0.4, -0.2) is 37.4 Å². The van der Waals surface area contributed by atoms with Crippen LogP contribution in [0.5, 0.6) is 11.5 Å². The average Bonchev–Trinajstić information content (AvgIpc) is 2.76. The maximum Gasteiger partial charge on any atom is 0.231 e. The van der Waals surface area contributed by atoms with Crippen molar-refractivity contribution in [2.75, 3.05) is 26.5 Å². The highest BCUT2D eigenvalue weighted by molar-refractivity contribution is 5.98. The van der Waals surface area contributed by atoms with Gasteiger partial charge in [-0.05, 0) is 18.2 Å². The number of fused-ring (bicyclic) bond motifs is 1. The Morgan fingerprint density at radius 2 is 2.19 bits per heavy atom. The van der Waals surface area contributed by atoms with Crippen LogP contribution in [0.4, 0.5) is 0 Å². The van der Waals surface area contributed by atoms with Crippen molar-refractivity contribution in [2.45, 2.75) is 0 Å². The highest BCUT2D eigenvalue weighted by Gasteiger charge is 2.15. The van der Waals surface area contributed by atoms with Gasteiger partial charge < -0.3 is 19.9 Å². The number of carbonyl (C=O) groups is 1. The van der Waals surface area contributed by atoms with E-state index >= 15 is 0 Å². The van der Waals surface area contributed by atoms with Gasteiger partial charge in [0.05, 0.1) is 13.2 Å². The van der Waals surface area contributed by atoms with Crippen LogP contribution >= 0.6 is 0 Å². The summed E-state index contributed by atoms with van der Waals surface area (Å²) < 4.78 is 10.3. The summed E-state index contributed by atoms with van der Waals surface area (Å²) in [6.07, 6.45) is 0. The van der Waals surface area contributed by atoms with Gasteiger partial charge in [0.1, 0.15) is 0 Å². The van der Waals surface area contributed by atoms with Gasteiger partial charge in [-0.3, -0.25) is 4.79 Å². The number of rotatable bonds is 5. The molecule has 1 aromatic rings. The van der Waals surface area contributed by atoms with Crippen molar-refractivity contribution >= 4 is 5.78 Å². The van der Waals surface area contributed by atoms with Crippen molar-refractivity contribution in [3.05, 3.63) is 23.8 Å². The smallest absolute Gasteiger partial charge is 0.231 e. The highest BCUT2D eigenvalue weighted by atomic mass is 16.7. The quantitative estimate of drug-likeness (QED) is 0.550. The summed E-state index contributed by atoms with van der Waals surface area (Å²) in [7, 11) is 0. The lowest BCUT2D eigenvalue weighted by atomic mass is 10.1. The summed E-state index contributed by atoms with van der Waals surface area (Å²) in [5, 5.41) is 11.4. The molecule has 0 aromatic heterocycles. The minimum absolute atomic E-state index is 0.0222. The molecule has 0 aliphatic carbocycles. The van der Waals surface area contributed by atoms with Crippen LogP contribution in [-0.2, 0) is 0 Å². The molecular formula is C11H13NO4. The van der Waals surface area contributed by atoms with Gasteiger partial charge in [0, 0.05) is 12.1 Å². The Labute approximate surface area is 93.0 Å². The minimum atomic E-state index is -0.0354. The van der Waals surface area contributed by atoms with Gasteiger partial charge >= 0.3 is 0 Å². The molecule has 5 nitrogen and oxygen atoms in total. The summed E-state index contributed by atoms with van der Waals surface area (Å²) in [4.78, 5) is 11.7. The SMILES string of the molecule is O=C(CNCCO)c1ccc2c(c1)OCO2. The first-order chi connectivity index (χ1) is 7.81. The molecule has 0 atom stereocenters. The summed E-state index contributed by atoms with van der Waals surface area (Å²) in [5.41, 5.74) is 0.578. The zero-order valence-electron chi connectivity index (χ0n) is 8.73. The molecule has 0 fully saturated rings. The van der Waals surface area contributed by atoms with Crippen molar-refractivity contribution in [2.24, 2.45) is 0 Å². The summed E-state index contributed by atoms with van der Waals surface area (Å²) in [6, 6.07) is 5.10. The van der Waals surface area contributed by atoms with Crippen molar-refractivity contribution in [3.63, 3.8) is 0 Å². The topological polar surface area (TPSA) is 67.8 Å². The molecule has 1 heterocycles. The number of benzene rings is 1. The molecule has 0 radical (unpaired) electrons. The Hall–Kier alpha value is -1.59. The van der Waals surface area contributed by atoms with Gasteiger partial charge in [0.25, 0.3) is 0 Å². The number of aliphatic hydroxyl groups is 1. The van der Waals surface area contributed by atoms with E-state index in [4.69, 9.17) is 14.6 Å². The van der Waals surface area contributed by atoms with Crippen LogP contribution in [0.1, 0.15) is 10.4 Å². The van der Waals surface area contributed by atoms with Gasteiger partial charge in [-0.15, -0.1) is 0 Å². The third-order valence-corrected chi connectivity index (χ3v) is 2.27. The molecule has 0 bridgehead atoms. The maximum absolute atomic E-state index is 11.7. The molecule has 1 aromatic carbocycles. The number of ketones is 1. The number of ether oxygens (including phenoxy) is 2. The van der Waals surface area contributed by atoms with E-state index in [1.165, 1.54) is 0 Å². The molecule has 0 amide bonds. The van der Waals surface area contributed by atoms with Crippen LogP contribution in [0, 0.1) is 0 Å². The standard InChI is InChI=1S/C11H13NO4/c13-4-3-12-6-9(14)8-1-2-10-11(5-8)16-7-15-10/h1-2,5,12-13H,3-4,6-7H2. The second kappa shape index (κ2) is 4.96. The third kappa shape index (κ3) is 2.32. The summed E-state index contributed by atoms with van der Waals surface area (Å²) in [6.45, 7) is 0.848. The average molecular weight is 223 g/mol. The second-order valence-corrected chi connectivity index (χ2v) is 3.39. The predicted molar refractivity (Wildman–Crippen MR) is 56.9 cm³/mol. The van der Waals surface area contributed by atoms with Crippen LogP contribution in [0.15, 0.2) is 18.2 Å². The Balaban J connectivity index is 2.01. The van der Waals surface area contributed by atoms with E-state index in [2.05, 4.69) is 5.32 Å². The van der Waals surface area contributed by atoms with Gasteiger partial charge in [-0.25, -0.2) is 0 Å². The second-order valence-electron chi connectivity index (χ2n) is 3.39. The molecule has 0 spiro atoms. The fourth-order valence-electron chi connectivity index (χ4n) is 1.45. The summed E-state index contributed by atoms with van der Waals surface area (Å²) >= 11 is 0. The largest absolute Gasteiger partial charge is 0.454 e. The lowest BCUT2D eigenvalue weighted by molar-refractivity contribution is 0.0989.